The van der Waals surface area contributed by atoms with E-state index in [-0.39, 0.29) is 0 Å². The van der Waals surface area contributed by atoms with Gasteiger partial charge in [-0.1, -0.05) is 22.4 Å². The average molecular weight is 444 g/mol. The lowest BCUT2D eigenvalue weighted by molar-refractivity contribution is 0.525. The van der Waals surface area contributed by atoms with E-state index in [1.54, 1.807) is 0 Å². The van der Waals surface area contributed by atoms with Gasteiger partial charge in [-0.3, -0.25) is 0 Å². The topological polar surface area (TPSA) is 18.5 Å². The minimum atomic E-state index is -1.56. The first-order valence-corrected chi connectivity index (χ1v) is 22.5. The molecular weight excluding hydrogens is 404 g/mol. The third-order valence-corrected chi connectivity index (χ3v) is 18.2. The van der Waals surface area contributed by atoms with Gasteiger partial charge in [0.15, 0.2) is 33.3 Å². The molecule has 0 rings (SSSR count). The van der Waals surface area contributed by atoms with Crippen molar-refractivity contribution in [2.75, 3.05) is 5.33 Å². The lowest BCUT2D eigenvalue weighted by Gasteiger charge is -2.37. The van der Waals surface area contributed by atoms with Crippen LogP contribution < -0.4 is 0 Å². The van der Waals surface area contributed by atoms with Gasteiger partial charge < -0.3 is 8.23 Å². The zero-order valence-electron chi connectivity index (χ0n) is 16.4. The highest BCUT2D eigenvalue weighted by Gasteiger charge is 2.36. The summed E-state index contributed by atoms with van der Waals surface area (Å²) in [6, 6.07) is 3.80. The van der Waals surface area contributed by atoms with Crippen LogP contribution in [0.4, 0.5) is 0 Å². The molecule has 0 amide bonds. The number of hydrogen-bond acceptors (Lipinski definition) is 2. The minimum Gasteiger partial charge on any atom is -0.456 e. The fraction of sp³-hybridized carbons (Fsp3) is 1.00. The van der Waals surface area contributed by atoms with E-state index < -0.39 is 33.3 Å². The molecule has 0 saturated heterocycles. The average Bonchev–Trinajstić information content (AvgIpc) is 2.22. The van der Waals surface area contributed by atoms with Crippen molar-refractivity contribution in [1.29, 1.82) is 0 Å². The number of rotatable bonds is 11. The molecule has 0 radical (unpaired) electrons. The standard InChI is InChI=1S/C15H39BrO2Si4/c1-19(2,3)17-21(6,7)14-15-22(8,9)18-20(4,5)13-11-10-12-16/h10-15H2,1-9H3. The van der Waals surface area contributed by atoms with Crippen LogP contribution in [0.3, 0.4) is 0 Å². The molecule has 0 aliphatic heterocycles. The zero-order valence-corrected chi connectivity index (χ0v) is 22.0. The Kier molecular flexibility index (Phi) is 9.62. The number of unbranched alkanes of at least 4 members (excludes halogenated alkanes) is 1. The van der Waals surface area contributed by atoms with Gasteiger partial charge in [0.2, 0.25) is 0 Å². The molecule has 7 heteroatoms. The van der Waals surface area contributed by atoms with Crippen LogP contribution in [0.2, 0.25) is 77.1 Å². The van der Waals surface area contributed by atoms with Crippen LogP contribution in [0.25, 0.3) is 0 Å². The van der Waals surface area contributed by atoms with Crippen LogP contribution in [-0.4, -0.2) is 38.6 Å². The van der Waals surface area contributed by atoms with Gasteiger partial charge in [0.25, 0.3) is 0 Å². The Hall–Kier alpha value is 1.27. The van der Waals surface area contributed by atoms with Crippen LogP contribution in [0, 0.1) is 0 Å². The molecule has 0 aromatic rings. The summed E-state index contributed by atoms with van der Waals surface area (Å²) in [5.74, 6) is 0. The predicted molar refractivity (Wildman–Crippen MR) is 115 cm³/mol. The van der Waals surface area contributed by atoms with E-state index in [0.29, 0.717) is 0 Å². The Morgan fingerprint density at radius 1 is 0.591 bits per heavy atom. The normalized spacial score (nSPS) is 14.5. The summed E-state index contributed by atoms with van der Waals surface area (Å²) in [6.45, 7) is 21.3. The smallest absolute Gasteiger partial charge is 0.173 e. The molecule has 0 N–H and O–H groups in total. The summed E-state index contributed by atoms with van der Waals surface area (Å²) < 4.78 is 13.2. The van der Waals surface area contributed by atoms with Gasteiger partial charge in [0.1, 0.15) is 0 Å². The molecule has 0 fully saturated rings. The molecule has 0 unspecified atom stereocenters. The van der Waals surface area contributed by atoms with Crippen molar-refractivity contribution in [2.24, 2.45) is 0 Å². The number of halogens is 1. The third-order valence-electron chi connectivity index (χ3n) is 3.63. The second kappa shape index (κ2) is 9.10. The largest absolute Gasteiger partial charge is 0.456 e. The molecule has 0 aromatic carbocycles. The van der Waals surface area contributed by atoms with Crippen molar-refractivity contribution in [1.82, 2.24) is 0 Å². The highest BCUT2D eigenvalue weighted by atomic mass is 79.9. The van der Waals surface area contributed by atoms with E-state index in [2.05, 4.69) is 74.9 Å². The van der Waals surface area contributed by atoms with Crippen molar-refractivity contribution in [3.63, 3.8) is 0 Å². The van der Waals surface area contributed by atoms with Crippen LogP contribution in [0.5, 0.6) is 0 Å². The van der Waals surface area contributed by atoms with Crippen molar-refractivity contribution in [3.8, 4) is 0 Å². The van der Waals surface area contributed by atoms with Crippen molar-refractivity contribution in [2.45, 2.75) is 89.9 Å². The zero-order chi connectivity index (χ0) is 17.7. The second-order valence-corrected chi connectivity index (χ2v) is 28.0. The summed E-state index contributed by atoms with van der Waals surface area (Å²) in [5.41, 5.74) is 0. The maximum atomic E-state index is 6.74. The maximum absolute atomic E-state index is 6.74. The van der Waals surface area contributed by atoms with Crippen molar-refractivity contribution >= 4 is 49.2 Å². The Labute approximate surface area is 152 Å². The fourth-order valence-corrected chi connectivity index (χ4v) is 23.1. The molecule has 0 aromatic heterocycles. The van der Waals surface area contributed by atoms with Gasteiger partial charge in [-0.05, 0) is 83.5 Å². The van der Waals surface area contributed by atoms with Crippen LogP contribution >= 0.6 is 15.9 Å². The van der Waals surface area contributed by atoms with Crippen LogP contribution in [-0.2, 0) is 8.23 Å². The summed E-state index contributed by atoms with van der Waals surface area (Å²) in [7, 11) is -6.01. The minimum absolute atomic E-state index is 1.12. The van der Waals surface area contributed by atoms with Gasteiger partial charge in [-0.25, -0.2) is 0 Å². The summed E-state index contributed by atoms with van der Waals surface area (Å²) in [4.78, 5) is 0. The van der Waals surface area contributed by atoms with E-state index in [1.165, 1.54) is 31.0 Å². The fourth-order valence-electron chi connectivity index (χ4n) is 2.98. The first-order chi connectivity index (χ1) is 9.68. The summed E-state index contributed by atoms with van der Waals surface area (Å²) >= 11 is 3.53. The molecule has 0 saturated carbocycles. The summed E-state index contributed by atoms with van der Waals surface area (Å²) in [5, 5.41) is 1.12. The third kappa shape index (κ3) is 12.7. The van der Waals surface area contributed by atoms with E-state index in [1.807, 2.05) is 0 Å². The number of alkyl halides is 1. The van der Waals surface area contributed by atoms with E-state index in [0.717, 1.165) is 5.33 Å². The lowest BCUT2D eigenvalue weighted by atomic mass is 10.4. The molecule has 2 nitrogen and oxygen atoms in total. The lowest BCUT2D eigenvalue weighted by Crippen LogP contribution is -2.47. The highest BCUT2D eigenvalue weighted by Crippen LogP contribution is 2.28. The molecule has 0 bridgehead atoms. The molecular formula is C15H39BrO2Si4. The SMILES string of the molecule is C[Si](C)(C)O[Si](C)(C)CC[Si](C)(C)O[Si](C)(C)CCCCBr. The van der Waals surface area contributed by atoms with Gasteiger partial charge in [-0.15, -0.1) is 0 Å². The Balaban J connectivity index is 4.44. The highest BCUT2D eigenvalue weighted by molar-refractivity contribution is 9.09. The van der Waals surface area contributed by atoms with Crippen molar-refractivity contribution in [3.05, 3.63) is 0 Å². The predicted octanol–water partition coefficient (Wildman–Crippen LogP) is 6.64. The van der Waals surface area contributed by atoms with Gasteiger partial charge >= 0.3 is 0 Å². The Bertz CT molecular complexity index is 328. The van der Waals surface area contributed by atoms with Crippen LogP contribution in [0.1, 0.15) is 12.8 Å². The molecule has 0 spiro atoms. The monoisotopic (exact) mass is 442 g/mol. The molecule has 0 heterocycles. The molecule has 0 atom stereocenters. The quantitative estimate of drug-likeness (QED) is 0.202. The molecule has 22 heavy (non-hydrogen) atoms. The van der Waals surface area contributed by atoms with E-state index in [4.69, 9.17) is 8.23 Å². The molecule has 134 valence electrons. The number of hydrogen-bond donors (Lipinski definition) is 0. The van der Waals surface area contributed by atoms with Gasteiger partial charge in [-0.2, -0.15) is 0 Å². The van der Waals surface area contributed by atoms with Gasteiger partial charge in [0.05, 0.1) is 0 Å². The van der Waals surface area contributed by atoms with Crippen molar-refractivity contribution < 1.29 is 8.23 Å². The van der Waals surface area contributed by atoms with E-state index >= 15 is 0 Å². The maximum Gasteiger partial charge on any atom is 0.173 e. The summed E-state index contributed by atoms with van der Waals surface area (Å²) in [6.07, 6.45) is 2.57. The second-order valence-electron chi connectivity index (χ2n) is 9.24. The van der Waals surface area contributed by atoms with Gasteiger partial charge in [0, 0.05) is 5.33 Å². The van der Waals surface area contributed by atoms with E-state index in [9.17, 15) is 0 Å². The Morgan fingerprint density at radius 2 is 1.00 bits per heavy atom. The first kappa shape index (κ1) is 23.3. The molecule has 0 aliphatic rings. The Morgan fingerprint density at radius 3 is 1.41 bits per heavy atom. The molecule has 0 aliphatic carbocycles. The first-order valence-electron chi connectivity index (χ1n) is 8.64. The van der Waals surface area contributed by atoms with Crippen LogP contribution in [0.15, 0.2) is 0 Å².